The van der Waals surface area contributed by atoms with Gasteiger partial charge in [-0.05, 0) is 19.1 Å². The third kappa shape index (κ3) is 1.20. The number of aromatic amines is 1. The van der Waals surface area contributed by atoms with Gasteiger partial charge >= 0.3 is 0 Å². The summed E-state index contributed by atoms with van der Waals surface area (Å²) >= 11 is 0. The van der Waals surface area contributed by atoms with E-state index >= 15 is 0 Å². The predicted octanol–water partition coefficient (Wildman–Crippen LogP) is 1.37. The Kier molecular flexibility index (Phi) is 1.62. The molecule has 0 atom stereocenters. The first kappa shape index (κ1) is 7.91. The minimum Gasteiger partial charge on any atom is -0.319 e. The third-order valence-electron chi connectivity index (χ3n) is 1.93. The zero-order valence-corrected chi connectivity index (χ0v) is 6.97. The molecule has 1 heterocycles. The fourth-order valence-electron chi connectivity index (χ4n) is 1.23. The van der Waals surface area contributed by atoms with Crippen LogP contribution in [0, 0.1) is 12.7 Å². The Morgan fingerprint density at radius 1 is 1.46 bits per heavy atom. The zero-order chi connectivity index (χ0) is 9.42. The van der Waals surface area contributed by atoms with Gasteiger partial charge in [0.25, 0.3) is 5.56 Å². The highest BCUT2D eigenvalue weighted by atomic mass is 19.1. The van der Waals surface area contributed by atoms with Crippen molar-refractivity contribution in [2.24, 2.45) is 0 Å². The maximum atomic E-state index is 13.0. The van der Waals surface area contributed by atoms with Crippen molar-refractivity contribution in [3.63, 3.8) is 0 Å². The standard InChI is InChI=1S/C9H7FN2O/c1-5-6(10)2-3-7-9(5)11-4-8(13)12-7/h2-4H,1H3,(H,12,13). The molecular weight excluding hydrogens is 171 g/mol. The molecule has 0 aliphatic rings. The van der Waals surface area contributed by atoms with Gasteiger partial charge < -0.3 is 4.98 Å². The number of rotatable bonds is 0. The molecule has 0 unspecified atom stereocenters. The number of fused-ring (bicyclic) bond motifs is 1. The molecule has 0 bridgehead atoms. The molecule has 1 aromatic heterocycles. The fraction of sp³-hybridized carbons (Fsp3) is 0.111. The maximum Gasteiger partial charge on any atom is 0.266 e. The summed E-state index contributed by atoms with van der Waals surface area (Å²) in [5, 5.41) is 0. The second kappa shape index (κ2) is 2.65. The van der Waals surface area contributed by atoms with Gasteiger partial charge in [-0.15, -0.1) is 0 Å². The Labute approximate surface area is 73.2 Å². The predicted molar refractivity (Wildman–Crippen MR) is 47.1 cm³/mol. The van der Waals surface area contributed by atoms with Gasteiger partial charge in [-0.1, -0.05) is 0 Å². The van der Waals surface area contributed by atoms with Crippen LogP contribution < -0.4 is 5.56 Å². The number of nitrogens with zero attached hydrogens (tertiary/aromatic N) is 1. The van der Waals surface area contributed by atoms with Crippen LogP contribution in [-0.4, -0.2) is 9.97 Å². The number of hydrogen-bond donors (Lipinski definition) is 1. The van der Waals surface area contributed by atoms with Crippen molar-refractivity contribution in [3.8, 4) is 0 Å². The van der Waals surface area contributed by atoms with Crippen LogP contribution in [0.2, 0.25) is 0 Å². The van der Waals surface area contributed by atoms with E-state index in [0.29, 0.717) is 16.6 Å². The lowest BCUT2D eigenvalue weighted by Crippen LogP contribution is -2.05. The van der Waals surface area contributed by atoms with Crippen molar-refractivity contribution in [1.29, 1.82) is 0 Å². The van der Waals surface area contributed by atoms with Crippen molar-refractivity contribution < 1.29 is 4.39 Å². The van der Waals surface area contributed by atoms with Gasteiger partial charge in [0.05, 0.1) is 17.2 Å². The molecule has 66 valence electrons. The minimum absolute atomic E-state index is 0.279. The van der Waals surface area contributed by atoms with Crippen LogP contribution in [0.25, 0.3) is 11.0 Å². The topological polar surface area (TPSA) is 45.8 Å². The van der Waals surface area contributed by atoms with Crippen LogP contribution in [0.3, 0.4) is 0 Å². The molecule has 0 amide bonds. The number of halogens is 1. The summed E-state index contributed by atoms with van der Waals surface area (Å²) in [4.78, 5) is 17.3. The van der Waals surface area contributed by atoms with E-state index in [2.05, 4.69) is 9.97 Å². The highest BCUT2D eigenvalue weighted by Gasteiger charge is 2.03. The molecule has 0 radical (unpaired) electrons. The van der Waals surface area contributed by atoms with Crippen molar-refractivity contribution in [2.75, 3.05) is 0 Å². The van der Waals surface area contributed by atoms with Crippen molar-refractivity contribution in [3.05, 3.63) is 40.1 Å². The molecule has 0 saturated carbocycles. The largest absolute Gasteiger partial charge is 0.319 e. The van der Waals surface area contributed by atoms with Crippen molar-refractivity contribution in [1.82, 2.24) is 9.97 Å². The molecule has 0 aliphatic carbocycles. The van der Waals surface area contributed by atoms with E-state index in [-0.39, 0.29) is 11.4 Å². The average molecular weight is 178 g/mol. The highest BCUT2D eigenvalue weighted by molar-refractivity contribution is 5.77. The zero-order valence-electron chi connectivity index (χ0n) is 6.97. The molecule has 1 N–H and O–H groups in total. The van der Waals surface area contributed by atoms with Gasteiger partial charge in [-0.25, -0.2) is 9.37 Å². The molecule has 4 heteroatoms. The van der Waals surface area contributed by atoms with Crippen LogP contribution in [0.4, 0.5) is 4.39 Å². The minimum atomic E-state index is -0.313. The van der Waals surface area contributed by atoms with E-state index in [4.69, 9.17) is 0 Å². The lowest BCUT2D eigenvalue weighted by molar-refractivity contribution is 0.620. The van der Waals surface area contributed by atoms with Crippen molar-refractivity contribution >= 4 is 11.0 Å². The van der Waals surface area contributed by atoms with Gasteiger partial charge in [0.1, 0.15) is 5.82 Å². The Morgan fingerprint density at radius 3 is 3.00 bits per heavy atom. The smallest absolute Gasteiger partial charge is 0.266 e. The summed E-state index contributed by atoms with van der Waals surface area (Å²) in [6.07, 6.45) is 1.15. The van der Waals surface area contributed by atoms with Gasteiger partial charge in [0.15, 0.2) is 0 Å². The molecule has 0 fully saturated rings. The first-order valence-corrected chi connectivity index (χ1v) is 3.82. The highest BCUT2D eigenvalue weighted by Crippen LogP contribution is 2.14. The van der Waals surface area contributed by atoms with Gasteiger partial charge in [-0.3, -0.25) is 4.79 Å². The summed E-state index contributed by atoms with van der Waals surface area (Å²) in [6, 6.07) is 2.82. The molecule has 0 spiro atoms. The van der Waals surface area contributed by atoms with Gasteiger partial charge in [0.2, 0.25) is 0 Å². The van der Waals surface area contributed by atoms with Gasteiger partial charge in [-0.2, -0.15) is 0 Å². The molecule has 13 heavy (non-hydrogen) atoms. The molecular formula is C9H7FN2O. The van der Waals surface area contributed by atoms with Crippen molar-refractivity contribution in [2.45, 2.75) is 6.92 Å². The molecule has 2 aromatic rings. The first-order chi connectivity index (χ1) is 6.18. The van der Waals surface area contributed by atoms with Crippen LogP contribution in [0.15, 0.2) is 23.1 Å². The van der Waals surface area contributed by atoms with Crippen LogP contribution in [-0.2, 0) is 0 Å². The number of aromatic nitrogens is 2. The Hall–Kier alpha value is -1.71. The number of hydrogen-bond acceptors (Lipinski definition) is 2. The summed E-state index contributed by atoms with van der Waals surface area (Å²) in [7, 11) is 0. The fourth-order valence-corrected chi connectivity index (χ4v) is 1.23. The average Bonchev–Trinajstić information content (AvgIpc) is 2.12. The summed E-state index contributed by atoms with van der Waals surface area (Å²) in [5.74, 6) is -0.313. The third-order valence-corrected chi connectivity index (χ3v) is 1.93. The lowest BCUT2D eigenvalue weighted by Gasteiger charge is -2.00. The molecule has 2 rings (SSSR count). The van der Waals surface area contributed by atoms with E-state index in [1.54, 1.807) is 6.92 Å². The SMILES string of the molecule is Cc1c(F)ccc2[nH]c(=O)cnc12. The summed E-state index contributed by atoms with van der Waals surface area (Å²) in [6.45, 7) is 1.63. The lowest BCUT2D eigenvalue weighted by atomic mass is 10.2. The first-order valence-electron chi connectivity index (χ1n) is 3.82. The molecule has 3 nitrogen and oxygen atoms in total. The Morgan fingerprint density at radius 2 is 2.23 bits per heavy atom. The summed E-state index contributed by atoms with van der Waals surface area (Å²) < 4.78 is 13.0. The van der Waals surface area contributed by atoms with Crippen LogP contribution in [0.1, 0.15) is 5.56 Å². The number of nitrogens with one attached hydrogen (secondary N) is 1. The quantitative estimate of drug-likeness (QED) is 0.662. The Balaban J connectivity index is 2.95. The second-order valence-electron chi connectivity index (χ2n) is 2.82. The van der Waals surface area contributed by atoms with E-state index in [1.807, 2.05) is 0 Å². The normalized spacial score (nSPS) is 10.6. The molecule has 0 aliphatic heterocycles. The van der Waals surface area contributed by atoms with Gasteiger partial charge in [0, 0.05) is 5.56 Å². The Bertz CT molecular complexity index is 518. The molecule has 0 saturated heterocycles. The van der Waals surface area contributed by atoms with Crippen LogP contribution >= 0.6 is 0 Å². The van der Waals surface area contributed by atoms with E-state index in [1.165, 1.54) is 12.1 Å². The maximum absolute atomic E-state index is 13.0. The van der Waals surface area contributed by atoms with E-state index < -0.39 is 0 Å². The van der Waals surface area contributed by atoms with E-state index in [0.717, 1.165) is 6.20 Å². The van der Waals surface area contributed by atoms with E-state index in [9.17, 15) is 9.18 Å². The van der Waals surface area contributed by atoms with Crippen LogP contribution in [0.5, 0.6) is 0 Å². The number of aryl methyl sites for hydroxylation is 1. The monoisotopic (exact) mass is 178 g/mol. The number of H-pyrrole nitrogens is 1. The summed E-state index contributed by atoms with van der Waals surface area (Å²) in [5.41, 5.74) is 1.23. The second-order valence-corrected chi connectivity index (χ2v) is 2.82. The molecule has 1 aromatic carbocycles. The number of benzene rings is 1.